The third kappa shape index (κ3) is 4.47. The number of carbonyl (C=O) groups excluding carboxylic acids is 1. The predicted molar refractivity (Wildman–Crippen MR) is 72.6 cm³/mol. The molecule has 0 spiro atoms. The van der Waals surface area contributed by atoms with Crippen molar-refractivity contribution in [2.75, 3.05) is 13.1 Å². The number of rotatable bonds is 4. The summed E-state index contributed by atoms with van der Waals surface area (Å²) >= 11 is 0. The molecule has 0 aromatic heterocycles. The highest BCUT2D eigenvalue weighted by Gasteiger charge is 2.31. The minimum Gasteiger partial charge on any atom is -0.481 e. The van der Waals surface area contributed by atoms with Gasteiger partial charge in [-0.05, 0) is 19.8 Å². The Morgan fingerprint density at radius 1 is 1.37 bits per heavy atom. The summed E-state index contributed by atoms with van der Waals surface area (Å²) in [5.74, 6) is 1.12. The highest BCUT2D eigenvalue weighted by molar-refractivity contribution is 5.77. The number of carboxylic acid groups (broad SMARTS) is 1. The normalized spacial score (nSPS) is 22.9. The van der Waals surface area contributed by atoms with Gasteiger partial charge in [-0.2, -0.15) is 0 Å². The monoisotopic (exact) mass is 266 g/mol. The van der Waals surface area contributed by atoms with E-state index in [0.29, 0.717) is 13.0 Å². The van der Waals surface area contributed by atoms with Crippen molar-refractivity contribution in [1.82, 2.24) is 10.2 Å². The Hall–Kier alpha value is -1.70. The second-order valence-electron chi connectivity index (χ2n) is 4.86. The Balaban J connectivity index is 2.67. The molecule has 1 aliphatic rings. The van der Waals surface area contributed by atoms with Gasteiger partial charge in [-0.25, -0.2) is 4.79 Å². The largest absolute Gasteiger partial charge is 0.481 e. The Kier molecular flexibility index (Phi) is 6.20. The molecular formula is C14H22N2O3. The quantitative estimate of drug-likeness (QED) is 0.601. The van der Waals surface area contributed by atoms with Crippen molar-refractivity contribution >= 4 is 12.0 Å². The third-order valence-electron chi connectivity index (χ3n) is 3.59. The maximum Gasteiger partial charge on any atom is 0.318 e. The maximum absolute atomic E-state index is 12.0. The van der Waals surface area contributed by atoms with Crippen LogP contribution < -0.4 is 5.32 Å². The first-order chi connectivity index (χ1) is 9.10. The number of hydrogen-bond donors (Lipinski definition) is 2. The number of urea groups is 1. The molecule has 0 bridgehead atoms. The lowest BCUT2D eigenvalue weighted by Crippen LogP contribution is -2.49. The van der Waals surface area contributed by atoms with Gasteiger partial charge in [0.15, 0.2) is 0 Å². The molecule has 1 saturated carbocycles. The van der Waals surface area contributed by atoms with Gasteiger partial charge < -0.3 is 15.3 Å². The lowest BCUT2D eigenvalue weighted by molar-refractivity contribution is -0.142. The van der Waals surface area contributed by atoms with Crippen LogP contribution >= 0.6 is 0 Å². The van der Waals surface area contributed by atoms with Crippen LogP contribution in [-0.4, -0.2) is 41.1 Å². The van der Waals surface area contributed by atoms with Gasteiger partial charge in [0.05, 0.1) is 12.5 Å². The molecule has 0 aromatic rings. The van der Waals surface area contributed by atoms with Crippen LogP contribution in [0.1, 0.15) is 39.0 Å². The zero-order valence-electron chi connectivity index (χ0n) is 11.4. The highest BCUT2D eigenvalue weighted by Crippen LogP contribution is 2.24. The maximum atomic E-state index is 12.0. The average Bonchev–Trinajstić information content (AvgIpc) is 2.61. The number of aliphatic carboxylic acids is 1. The molecule has 19 heavy (non-hydrogen) atoms. The first kappa shape index (κ1) is 15.4. The van der Waals surface area contributed by atoms with E-state index >= 15 is 0 Å². The standard InChI is InChI=1S/C14H22N2O3/c1-3-10-16(4-2)14(19)15-12-9-7-5-6-8-11(12)13(17)18/h1,11-12H,4-10H2,2H3,(H,15,19)(H,17,18). The van der Waals surface area contributed by atoms with E-state index in [0.717, 1.165) is 25.7 Å². The summed E-state index contributed by atoms with van der Waals surface area (Å²) in [5, 5.41) is 12.1. The van der Waals surface area contributed by atoms with Crippen molar-refractivity contribution in [1.29, 1.82) is 0 Å². The molecule has 2 N–H and O–H groups in total. The number of carboxylic acids is 1. The Bertz CT molecular complexity index is 362. The minimum absolute atomic E-state index is 0.243. The lowest BCUT2D eigenvalue weighted by atomic mass is 9.95. The molecule has 0 aliphatic heterocycles. The fraction of sp³-hybridized carbons (Fsp3) is 0.714. The minimum atomic E-state index is -0.827. The number of carbonyl (C=O) groups is 2. The van der Waals surface area contributed by atoms with Crippen LogP contribution in [0.5, 0.6) is 0 Å². The number of nitrogens with one attached hydrogen (secondary N) is 1. The topological polar surface area (TPSA) is 69.6 Å². The Morgan fingerprint density at radius 2 is 2.05 bits per heavy atom. The zero-order valence-corrected chi connectivity index (χ0v) is 11.4. The lowest BCUT2D eigenvalue weighted by Gasteiger charge is -2.26. The summed E-state index contributed by atoms with van der Waals surface area (Å²) in [6.07, 6.45) is 9.44. The first-order valence-corrected chi connectivity index (χ1v) is 6.81. The van der Waals surface area contributed by atoms with Crippen LogP contribution in [0.3, 0.4) is 0 Å². The van der Waals surface area contributed by atoms with Crippen LogP contribution in [0, 0.1) is 18.3 Å². The van der Waals surface area contributed by atoms with Crippen LogP contribution in [0.25, 0.3) is 0 Å². The van der Waals surface area contributed by atoms with E-state index in [9.17, 15) is 14.7 Å². The summed E-state index contributed by atoms with van der Waals surface area (Å²) in [7, 11) is 0. The number of amides is 2. The van der Waals surface area contributed by atoms with Gasteiger partial charge in [0.1, 0.15) is 0 Å². The molecular weight excluding hydrogens is 244 g/mol. The molecule has 2 atom stereocenters. The molecule has 1 fully saturated rings. The van der Waals surface area contributed by atoms with E-state index in [1.165, 1.54) is 4.90 Å². The van der Waals surface area contributed by atoms with Crippen LogP contribution in [0.4, 0.5) is 4.79 Å². The highest BCUT2D eigenvalue weighted by atomic mass is 16.4. The van der Waals surface area contributed by atoms with Crippen LogP contribution in [-0.2, 0) is 4.79 Å². The second kappa shape index (κ2) is 7.67. The molecule has 0 radical (unpaired) electrons. The van der Waals surface area contributed by atoms with Crippen molar-refractivity contribution in [2.24, 2.45) is 5.92 Å². The SMILES string of the molecule is C#CCN(CC)C(=O)NC1CCCCCC1C(=O)O. The van der Waals surface area contributed by atoms with E-state index in [-0.39, 0.29) is 18.6 Å². The van der Waals surface area contributed by atoms with Gasteiger partial charge in [0, 0.05) is 12.6 Å². The molecule has 0 aromatic carbocycles. The van der Waals surface area contributed by atoms with E-state index in [1.807, 2.05) is 6.92 Å². The van der Waals surface area contributed by atoms with Crippen molar-refractivity contribution in [3.63, 3.8) is 0 Å². The van der Waals surface area contributed by atoms with Crippen molar-refractivity contribution in [3.05, 3.63) is 0 Å². The second-order valence-corrected chi connectivity index (χ2v) is 4.86. The van der Waals surface area contributed by atoms with Crippen LogP contribution in [0.15, 0.2) is 0 Å². The van der Waals surface area contributed by atoms with Crippen LogP contribution in [0.2, 0.25) is 0 Å². The zero-order chi connectivity index (χ0) is 14.3. The predicted octanol–water partition coefficient (Wildman–Crippen LogP) is 1.68. The molecule has 5 heteroatoms. The van der Waals surface area contributed by atoms with Gasteiger partial charge in [-0.3, -0.25) is 4.79 Å². The molecule has 0 saturated heterocycles. The Morgan fingerprint density at radius 3 is 2.63 bits per heavy atom. The molecule has 2 unspecified atom stereocenters. The van der Waals surface area contributed by atoms with Crippen molar-refractivity contribution in [3.8, 4) is 12.3 Å². The van der Waals surface area contributed by atoms with Crippen molar-refractivity contribution in [2.45, 2.75) is 45.1 Å². The molecule has 0 heterocycles. The molecule has 1 rings (SSSR count). The summed E-state index contributed by atoms with van der Waals surface area (Å²) in [5.41, 5.74) is 0. The number of nitrogens with zero attached hydrogens (tertiary/aromatic N) is 1. The van der Waals surface area contributed by atoms with Gasteiger partial charge in [-0.15, -0.1) is 6.42 Å². The number of terminal acetylenes is 1. The fourth-order valence-corrected chi connectivity index (χ4v) is 2.46. The molecule has 106 valence electrons. The third-order valence-corrected chi connectivity index (χ3v) is 3.59. The van der Waals surface area contributed by atoms with Gasteiger partial charge >= 0.3 is 12.0 Å². The van der Waals surface area contributed by atoms with Gasteiger partial charge in [0.25, 0.3) is 0 Å². The Labute approximate surface area is 114 Å². The van der Waals surface area contributed by atoms with E-state index in [1.54, 1.807) is 0 Å². The fourth-order valence-electron chi connectivity index (χ4n) is 2.46. The summed E-state index contributed by atoms with van der Waals surface area (Å²) in [6, 6.07) is -0.557. The smallest absolute Gasteiger partial charge is 0.318 e. The molecule has 2 amide bonds. The molecule has 5 nitrogen and oxygen atoms in total. The summed E-state index contributed by atoms with van der Waals surface area (Å²) < 4.78 is 0. The molecule has 1 aliphatic carbocycles. The average molecular weight is 266 g/mol. The number of hydrogen-bond acceptors (Lipinski definition) is 2. The first-order valence-electron chi connectivity index (χ1n) is 6.81. The van der Waals surface area contributed by atoms with E-state index in [4.69, 9.17) is 6.42 Å². The summed E-state index contributed by atoms with van der Waals surface area (Å²) in [4.78, 5) is 24.8. The van der Waals surface area contributed by atoms with E-state index in [2.05, 4.69) is 11.2 Å². The summed E-state index contributed by atoms with van der Waals surface area (Å²) in [6.45, 7) is 2.60. The van der Waals surface area contributed by atoms with Gasteiger partial charge in [-0.1, -0.05) is 25.2 Å². The van der Waals surface area contributed by atoms with Crippen molar-refractivity contribution < 1.29 is 14.7 Å². The van der Waals surface area contributed by atoms with Gasteiger partial charge in [0.2, 0.25) is 0 Å². The van der Waals surface area contributed by atoms with E-state index < -0.39 is 11.9 Å².